The quantitative estimate of drug-likeness (QED) is 0.804. The average Bonchev–Trinajstić information content (AvgIpc) is 2.99. The van der Waals surface area contributed by atoms with Gasteiger partial charge in [0.15, 0.2) is 11.6 Å². The fraction of sp³-hybridized carbons (Fsp3) is 0.353. The molecule has 3 N–H and O–H groups in total. The van der Waals surface area contributed by atoms with Crippen molar-refractivity contribution in [3.05, 3.63) is 29.7 Å². The van der Waals surface area contributed by atoms with Gasteiger partial charge < -0.3 is 20.5 Å². The van der Waals surface area contributed by atoms with Crippen molar-refractivity contribution in [3.8, 4) is 11.6 Å². The summed E-state index contributed by atoms with van der Waals surface area (Å²) in [5.41, 5.74) is 5.16. The number of aromatic nitrogens is 1. The number of fused-ring (bicyclic) bond motifs is 1. The Bertz CT molecular complexity index is 875. The van der Waals surface area contributed by atoms with Gasteiger partial charge in [0.1, 0.15) is 6.61 Å². The first kappa shape index (κ1) is 17.8. The van der Waals surface area contributed by atoms with Crippen molar-refractivity contribution in [2.75, 3.05) is 20.4 Å². The van der Waals surface area contributed by atoms with Crippen LogP contribution in [0.4, 0.5) is 8.78 Å². The van der Waals surface area contributed by atoms with Crippen LogP contribution >= 0.6 is 0 Å². The van der Waals surface area contributed by atoms with Gasteiger partial charge in [0.05, 0.1) is 30.8 Å². The van der Waals surface area contributed by atoms with Gasteiger partial charge in [0.2, 0.25) is 11.8 Å². The Morgan fingerprint density at radius 3 is 2.92 bits per heavy atom. The largest absolute Gasteiger partial charge is 0.493 e. The third-order valence-corrected chi connectivity index (χ3v) is 4.34. The zero-order valence-electron chi connectivity index (χ0n) is 13.9. The van der Waals surface area contributed by atoms with Crippen molar-refractivity contribution in [2.45, 2.75) is 12.5 Å². The van der Waals surface area contributed by atoms with Gasteiger partial charge in [0.25, 0.3) is 5.91 Å². The molecule has 1 saturated heterocycles. The van der Waals surface area contributed by atoms with Crippen LogP contribution < -0.4 is 20.5 Å². The molecule has 0 saturated carbocycles. The van der Waals surface area contributed by atoms with E-state index in [4.69, 9.17) is 15.2 Å². The zero-order valence-corrected chi connectivity index (χ0v) is 13.9. The number of alkyl halides is 1. The van der Waals surface area contributed by atoms with Crippen molar-refractivity contribution < 1.29 is 27.8 Å². The van der Waals surface area contributed by atoms with Crippen LogP contribution in [0.15, 0.2) is 18.3 Å². The lowest BCUT2D eigenvalue weighted by molar-refractivity contribution is -0.119. The minimum Gasteiger partial charge on any atom is -0.493 e. The summed E-state index contributed by atoms with van der Waals surface area (Å²) in [6.07, 6.45) is 1.46. The SMILES string of the molecule is COc1c(C(N)=O)cc2ccnc(OC[C@H]3NC(=O)C[C@H]3CF)c2c1F. The number of ether oxygens (including phenoxy) is 2. The Hall–Kier alpha value is -2.97. The molecule has 0 bridgehead atoms. The second kappa shape index (κ2) is 7.11. The molecule has 1 aromatic carbocycles. The first-order chi connectivity index (χ1) is 12.5. The highest BCUT2D eigenvalue weighted by Crippen LogP contribution is 2.35. The summed E-state index contributed by atoms with van der Waals surface area (Å²) in [5, 5.41) is 2.98. The highest BCUT2D eigenvalue weighted by molar-refractivity contribution is 6.02. The summed E-state index contributed by atoms with van der Waals surface area (Å²) in [7, 11) is 1.22. The number of halogens is 2. The van der Waals surface area contributed by atoms with Crippen LogP contribution in [-0.4, -0.2) is 43.2 Å². The molecular weight excluding hydrogens is 348 g/mol. The molecule has 3 rings (SSSR count). The summed E-state index contributed by atoms with van der Waals surface area (Å²) < 4.78 is 38.4. The predicted molar refractivity (Wildman–Crippen MR) is 88.3 cm³/mol. The lowest BCUT2D eigenvalue weighted by atomic mass is 10.0. The van der Waals surface area contributed by atoms with E-state index in [1.54, 1.807) is 0 Å². The molecule has 26 heavy (non-hydrogen) atoms. The third kappa shape index (κ3) is 3.12. The number of carbonyl (C=O) groups is 2. The van der Waals surface area contributed by atoms with Crippen LogP contribution in [-0.2, 0) is 4.79 Å². The van der Waals surface area contributed by atoms with E-state index in [1.807, 2.05) is 0 Å². The van der Waals surface area contributed by atoms with Gasteiger partial charge in [0, 0.05) is 18.5 Å². The van der Waals surface area contributed by atoms with Gasteiger partial charge in [-0.25, -0.2) is 9.37 Å². The molecule has 2 aromatic rings. The number of hydrogen-bond acceptors (Lipinski definition) is 5. The van der Waals surface area contributed by atoms with Crippen LogP contribution in [0.1, 0.15) is 16.8 Å². The average molecular weight is 365 g/mol. The number of nitrogens with zero attached hydrogens (tertiary/aromatic N) is 1. The molecule has 1 aromatic heterocycles. The molecule has 1 aliphatic heterocycles. The van der Waals surface area contributed by atoms with Crippen molar-refractivity contribution >= 4 is 22.6 Å². The van der Waals surface area contributed by atoms with Crippen LogP contribution in [0.25, 0.3) is 10.8 Å². The molecule has 2 amide bonds. The Kier molecular flexibility index (Phi) is 4.88. The van der Waals surface area contributed by atoms with Crippen LogP contribution in [0.2, 0.25) is 0 Å². The smallest absolute Gasteiger partial charge is 0.252 e. The topological polar surface area (TPSA) is 104 Å². The van der Waals surface area contributed by atoms with Crippen LogP contribution in [0, 0.1) is 11.7 Å². The third-order valence-electron chi connectivity index (χ3n) is 4.34. The Morgan fingerprint density at radius 1 is 1.50 bits per heavy atom. The number of methoxy groups -OCH3 is 1. The molecule has 1 fully saturated rings. The van der Waals surface area contributed by atoms with E-state index in [0.717, 1.165) is 0 Å². The normalized spacial score (nSPS) is 19.4. The molecular formula is C17H17F2N3O4. The van der Waals surface area contributed by atoms with E-state index < -0.39 is 30.4 Å². The summed E-state index contributed by atoms with van der Waals surface area (Å²) in [6, 6.07) is 2.36. The minimum absolute atomic E-state index is 0.00970. The lowest BCUT2D eigenvalue weighted by Crippen LogP contribution is -2.35. The van der Waals surface area contributed by atoms with E-state index in [0.29, 0.717) is 5.39 Å². The van der Waals surface area contributed by atoms with Crippen molar-refractivity contribution in [1.29, 1.82) is 0 Å². The maximum absolute atomic E-state index is 14.9. The number of rotatable bonds is 6. The second-order valence-corrected chi connectivity index (χ2v) is 5.95. The molecule has 7 nitrogen and oxygen atoms in total. The number of primary amides is 1. The van der Waals surface area contributed by atoms with E-state index in [1.165, 1.54) is 25.4 Å². The molecule has 2 heterocycles. The van der Waals surface area contributed by atoms with Gasteiger partial charge in [-0.3, -0.25) is 14.0 Å². The fourth-order valence-electron chi connectivity index (χ4n) is 3.01. The summed E-state index contributed by atoms with van der Waals surface area (Å²) in [5.74, 6) is -2.78. The lowest BCUT2D eigenvalue weighted by Gasteiger charge is -2.18. The number of carbonyl (C=O) groups excluding carboxylic acids is 2. The minimum atomic E-state index is -0.834. The molecule has 138 valence electrons. The first-order valence-electron chi connectivity index (χ1n) is 7.89. The molecule has 0 unspecified atom stereocenters. The maximum atomic E-state index is 14.9. The number of pyridine rings is 1. The summed E-state index contributed by atoms with van der Waals surface area (Å²) in [6.45, 7) is -0.731. The van der Waals surface area contributed by atoms with E-state index in [2.05, 4.69) is 10.3 Å². The number of amides is 2. The summed E-state index contributed by atoms with van der Waals surface area (Å²) in [4.78, 5) is 26.9. The second-order valence-electron chi connectivity index (χ2n) is 5.95. The van der Waals surface area contributed by atoms with Gasteiger partial charge >= 0.3 is 0 Å². The molecule has 0 spiro atoms. The first-order valence-corrected chi connectivity index (χ1v) is 7.89. The number of nitrogens with two attached hydrogens (primary N) is 1. The van der Waals surface area contributed by atoms with Gasteiger partial charge in [-0.2, -0.15) is 0 Å². The Labute approximate surface area is 147 Å². The molecule has 2 atom stereocenters. The zero-order chi connectivity index (χ0) is 18.8. The molecule has 0 radical (unpaired) electrons. The van der Waals surface area contributed by atoms with Gasteiger partial charge in [-0.1, -0.05) is 0 Å². The Balaban J connectivity index is 1.96. The number of benzene rings is 1. The fourth-order valence-corrected chi connectivity index (χ4v) is 3.01. The van der Waals surface area contributed by atoms with Crippen LogP contribution in [0.5, 0.6) is 11.6 Å². The molecule has 0 aliphatic carbocycles. The van der Waals surface area contributed by atoms with Crippen molar-refractivity contribution in [1.82, 2.24) is 10.3 Å². The number of hydrogen-bond donors (Lipinski definition) is 2. The highest BCUT2D eigenvalue weighted by atomic mass is 19.1. The van der Waals surface area contributed by atoms with E-state index in [-0.39, 0.29) is 41.5 Å². The predicted octanol–water partition coefficient (Wildman–Crippen LogP) is 1.33. The monoisotopic (exact) mass is 365 g/mol. The van der Waals surface area contributed by atoms with E-state index in [9.17, 15) is 18.4 Å². The Morgan fingerprint density at radius 2 is 2.27 bits per heavy atom. The van der Waals surface area contributed by atoms with Gasteiger partial charge in [-0.05, 0) is 17.5 Å². The molecule has 1 aliphatic rings. The van der Waals surface area contributed by atoms with Crippen LogP contribution in [0.3, 0.4) is 0 Å². The van der Waals surface area contributed by atoms with Crippen molar-refractivity contribution in [3.63, 3.8) is 0 Å². The highest BCUT2D eigenvalue weighted by Gasteiger charge is 2.33. The van der Waals surface area contributed by atoms with Crippen molar-refractivity contribution in [2.24, 2.45) is 11.7 Å². The molecule has 9 heteroatoms. The van der Waals surface area contributed by atoms with Gasteiger partial charge in [-0.15, -0.1) is 0 Å². The standard InChI is InChI=1S/C17H17F2N3O4/c1-25-15-10(16(20)24)4-8-2-3-21-17(13(8)14(15)19)26-7-11-9(6-18)5-12(23)22-11/h2-4,9,11H,5-7H2,1H3,(H2,20,24)(H,22,23)/t9-,11+/m0/s1. The van der Waals surface area contributed by atoms with E-state index >= 15 is 0 Å². The maximum Gasteiger partial charge on any atom is 0.252 e. The number of nitrogens with one attached hydrogen (secondary N) is 1. The summed E-state index contributed by atoms with van der Waals surface area (Å²) >= 11 is 0.